The second-order valence-corrected chi connectivity index (χ2v) is 8.33. The predicted octanol–water partition coefficient (Wildman–Crippen LogP) is 2.68. The molecule has 1 fully saturated rings. The van der Waals surface area contributed by atoms with Gasteiger partial charge in [-0.2, -0.15) is 0 Å². The number of hydrogen-bond donors (Lipinski definition) is 0. The van der Waals surface area contributed by atoms with Crippen LogP contribution >= 0.6 is 11.3 Å². The van der Waals surface area contributed by atoms with Crippen LogP contribution in [0, 0.1) is 6.92 Å². The van der Waals surface area contributed by atoms with Crippen LogP contribution in [0.25, 0.3) is 21.5 Å². The highest BCUT2D eigenvalue weighted by molar-refractivity contribution is 7.14. The van der Waals surface area contributed by atoms with Gasteiger partial charge in [-0.05, 0) is 31.9 Å². The van der Waals surface area contributed by atoms with Crippen LogP contribution in [-0.2, 0) is 16.0 Å². The number of aryl methyl sites for hydroxylation is 1. The van der Waals surface area contributed by atoms with Crippen molar-refractivity contribution in [3.8, 4) is 10.6 Å². The highest BCUT2D eigenvalue weighted by Crippen LogP contribution is 2.25. The molecule has 146 valence electrons. The van der Waals surface area contributed by atoms with Gasteiger partial charge in [-0.25, -0.2) is 0 Å². The molecule has 0 aliphatic carbocycles. The van der Waals surface area contributed by atoms with E-state index in [1.54, 1.807) is 19.5 Å². The first-order valence-electron chi connectivity index (χ1n) is 9.43. The van der Waals surface area contributed by atoms with E-state index < -0.39 is 0 Å². The average molecular weight is 398 g/mol. The Morgan fingerprint density at radius 3 is 2.75 bits per heavy atom. The van der Waals surface area contributed by atoms with Crippen molar-refractivity contribution in [2.75, 3.05) is 26.7 Å². The van der Waals surface area contributed by atoms with Crippen molar-refractivity contribution < 1.29 is 9.53 Å². The molecule has 0 N–H and O–H groups in total. The first kappa shape index (κ1) is 19.0. The Morgan fingerprint density at radius 1 is 1.21 bits per heavy atom. The number of piperidine rings is 1. The Labute approximate surface area is 167 Å². The molecule has 1 aliphatic heterocycles. The lowest BCUT2D eigenvalue weighted by Crippen LogP contribution is -2.39. The molecule has 7 nitrogen and oxygen atoms in total. The summed E-state index contributed by atoms with van der Waals surface area (Å²) in [6, 6.07) is 3.99. The van der Waals surface area contributed by atoms with E-state index in [9.17, 15) is 4.79 Å². The molecule has 28 heavy (non-hydrogen) atoms. The van der Waals surface area contributed by atoms with Gasteiger partial charge in [-0.15, -0.1) is 10.2 Å². The van der Waals surface area contributed by atoms with Crippen molar-refractivity contribution in [2.24, 2.45) is 0 Å². The number of rotatable bonds is 6. The lowest BCUT2D eigenvalue weighted by molar-refractivity contribution is -0.120. The zero-order valence-electron chi connectivity index (χ0n) is 16.1. The molecule has 4 heterocycles. The molecule has 3 aromatic heterocycles. The third kappa shape index (κ3) is 4.40. The van der Waals surface area contributed by atoms with Gasteiger partial charge in [0, 0.05) is 43.0 Å². The number of pyridine rings is 2. The zero-order valence-corrected chi connectivity index (χ0v) is 16.9. The molecule has 1 saturated heterocycles. The maximum atomic E-state index is 12.5. The fraction of sp³-hybridized carbons (Fsp3) is 0.450. The lowest BCUT2D eigenvalue weighted by Gasteiger charge is -2.30. The highest BCUT2D eigenvalue weighted by atomic mass is 32.1. The van der Waals surface area contributed by atoms with Gasteiger partial charge < -0.3 is 4.74 Å². The van der Waals surface area contributed by atoms with Crippen LogP contribution in [-0.4, -0.2) is 63.7 Å². The van der Waals surface area contributed by atoms with Gasteiger partial charge in [-0.1, -0.05) is 11.3 Å². The smallest absolute Gasteiger partial charge is 0.152 e. The van der Waals surface area contributed by atoms with Crippen molar-refractivity contribution in [1.82, 2.24) is 25.1 Å². The topological polar surface area (TPSA) is 81.1 Å². The van der Waals surface area contributed by atoms with Gasteiger partial charge in [0.1, 0.15) is 10.0 Å². The molecule has 0 saturated carbocycles. The summed E-state index contributed by atoms with van der Waals surface area (Å²) in [7, 11) is 1.75. The Hall–Kier alpha value is -2.29. The molecule has 0 amide bonds. The summed E-state index contributed by atoms with van der Waals surface area (Å²) in [5.74, 6) is 0.187. The fourth-order valence-electron chi connectivity index (χ4n) is 3.51. The van der Waals surface area contributed by atoms with E-state index >= 15 is 0 Å². The number of fused-ring (bicyclic) bond motifs is 1. The van der Waals surface area contributed by atoms with Gasteiger partial charge in [0.05, 0.1) is 30.8 Å². The normalized spacial score (nSPS) is 15.9. The number of hydrogen-bond acceptors (Lipinski definition) is 8. The average Bonchev–Trinajstić information content (AvgIpc) is 3.14. The predicted molar refractivity (Wildman–Crippen MR) is 108 cm³/mol. The van der Waals surface area contributed by atoms with E-state index in [1.165, 1.54) is 11.3 Å². The summed E-state index contributed by atoms with van der Waals surface area (Å²) < 4.78 is 5.39. The maximum absolute atomic E-state index is 12.5. The third-order valence-corrected chi connectivity index (χ3v) is 5.93. The Morgan fingerprint density at radius 2 is 2.04 bits per heavy atom. The number of ketones is 1. The van der Waals surface area contributed by atoms with Crippen molar-refractivity contribution in [3.63, 3.8) is 0 Å². The van der Waals surface area contributed by atoms with Gasteiger partial charge in [0.15, 0.2) is 5.78 Å². The van der Waals surface area contributed by atoms with E-state index in [2.05, 4.69) is 25.1 Å². The van der Waals surface area contributed by atoms with Crippen molar-refractivity contribution in [1.29, 1.82) is 0 Å². The van der Waals surface area contributed by atoms with Crippen LogP contribution in [0.2, 0.25) is 0 Å². The zero-order chi connectivity index (χ0) is 19.5. The third-order valence-electron chi connectivity index (χ3n) is 5.04. The van der Waals surface area contributed by atoms with E-state index in [1.807, 2.05) is 19.1 Å². The quantitative estimate of drug-likeness (QED) is 0.632. The Kier molecular flexibility index (Phi) is 5.70. The first-order chi connectivity index (χ1) is 13.6. The Bertz CT molecular complexity index is 982. The summed E-state index contributed by atoms with van der Waals surface area (Å²) in [5.41, 5.74) is 2.52. The minimum Gasteiger partial charge on any atom is -0.381 e. The van der Waals surface area contributed by atoms with Gasteiger partial charge in [-0.3, -0.25) is 19.7 Å². The van der Waals surface area contributed by atoms with Crippen LogP contribution in [0.15, 0.2) is 24.5 Å². The monoisotopic (exact) mass is 397 g/mol. The number of carbonyl (C=O) groups excluding carboxylic acids is 1. The number of likely N-dealkylation sites (tertiary alicyclic amines) is 1. The van der Waals surface area contributed by atoms with E-state index in [0.717, 1.165) is 58.1 Å². The summed E-state index contributed by atoms with van der Waals surface area (Å²) in [6.07, 6.45) is 6.15. The first-order valence-corrected chi connectivity index (χ1v) is 10.2. The highest BCUT2D eigenvalue weighted by Gasteiger charge is 2.20. The van der Waals surface area contributed by atoms with Crippen LogP contribution in [0.4, 0.5) is 0 Å². The van der Waals surface area contributed by atoms with Gasteiger partial charge in [0.2, 0.25) is 0 Å². The minimum atomic E-state index is 0.187. The Balaban J connectivity index is 1.44. The maximum Gasteiger partial charge on any atom is 0.152 e. The number of ether oxygens (including phenoxy) is 1. The van der Waals surface area contributed by atoms with E-state index in [0.29, 0.717) is 19.1 Å². The van der Waals surface area contributed by atoms with Crippen LogP contribution in [0.3, 0.4) is 0 Å². The van der Waals surface area contributed by atoms with E-state index in [-0.39, 0.29) is 5.78 Å². The molecule has 0 atom stereocenters. The summed E-state index contributed by atoms with van der Waals surface area (Å²) >= 11 is 1.54. The molecule has 0 unspecified atom stereocenters. The SMILES string of the molecule is COC1CCN(CC(=O)Cc2cc3cc(-c4nnc(C)s4)cnc3cn2)CC1. The van der Waals surface area contributed by atoms with Gasteiger partial charge in [0.25, 0.3) is 0 Å². The molecule has 0 radical (unpaired) electrons. The number of carbonyl (C=O) groups is 1. The molecule has 4 rings (SSSR count). The van der Waals surface area contributed by atoms with Crippen molar-refractivity contribution in [2.45, 2.75) is 32.3 Å². The number of Topliss-reactive ketones (excluding diaryl/α,β-unsaturated/α-hetero) is 1. The van der Waals surface area contributed by atoms with Crippen LogP contribution in [0.1, 0.15) is 23.5 Å². The summed E-state index contributed by atoms with van der Waals surface area (Å²) in [4.78, 5) is 23.6. The molecule has 0 aromatic carbocycles. The molecule has 0 bridgehead atoms. The standard InChI is InChI=1S/C20H23N5O2S/c1-13-23-24-20(28-13)15-7-14-8-16(21-11-19(14)22-10-15)9-17(26)12-25-5-3-18(27-2)4-6-25/h7-8,10-11,18H,3-6,9,12H2,1-2H3. The van der Waals surface area contributed by atoms with Crippen molar-refractivity contribution in [3.05, 3.63) is 35.2 Å². The van der Waals surface area contributed by atoms with E-state index in [4.69, 9.17) is 4.74 Å². The molecule has 0 spiro atoms. The number of aromatic nitrogens is 4. The number of nitrogens with zero attached hydrogens (tertiary/aromatic N) is 5. The molecule has 3 aromatic rings. The van der Waals surface area contributed by atoms with Crippen LogP contribution in [0.5, 0.6) is 0 Å². The second-order valence-electron chi connectivity index (χ2n) is 7.15. The van der Waals surface area contributed by atoms with Crippen molar-refractivity contribution >= 4 is 28.0 Å². The fourth-order valence-corrected chi connectivity index (χ4v) is 4.19. The summed E-state index contributed by atoms with van der Waals surface area (Å²) in [6.45, 7) is 4.22. The molecular weight excluding hydrogens is 374 g/mol. The lowest BCUT2D eigenvalue weighted by atomic mass is 10.1. The second kappa shape index (κ2) is 8.38. The molecule has 1 aliphatic rings. The van der Waals surface area contributed by atoms with Crippen LogP contribution < -0.4 is 0 Å². The van der Waals surface area contributed by atoms with Gasteiger partial charge >= 0.3 is 0 Å². The molecular formula is C20H23N5O2S. The largest absolute Gasteiger partial charge is 0.381 e. The summed E-state index contributed by atoms with van der Waals surface area (Å²) in [5, 5.41) is 11.0. The number of methoxy groups -OCH3 is 1. The minimum absolute atomic E-state index is 0.187. The molecule has 8 heteroatoms.